The molecule has 6 rings (SSSR count). The monoisotopic (exact) mass is 360 g/mol. The van der Waals surface area contributed by atoms with Gasteiger partial charge in [0.15, 0.2) is 0 Å². The van der Waals surface area contributed by atoms with Crippen molar-refractivity contribution in [1.82, 2.24) is 8.77 Å². The van der Waals surface area contributed by atoms with Gasteiger partial charge in [0.05, 0.1) is 11.8 Å². The van der Waals surface area contributed by atoms with Crippen LogP contribution in [-0.4, -0.2) is 22.3 Å². The third-order valence-electron chi connectivity index (χ3n) is 6.61. The van der Waals surface area contributed by atoms with Crippen molar-refractivity contribution in [2.24, 2.45) is 23.7 Å². The van der Waals surface area contributed by atoms with Crippen LogP contribution in [-0.2, 0) is 15.8 Å². The van der Waals surface area contributed by atoms with Crippen molar-refractivity contribution in [1.29, 1.82) is 0 Å². The van der Waals surface area contributed by atoms with Gasteiger partial charge >= 0.3 is 0 Å². The second kappa shape index (κ2) is 5.40. The van der Waals surface area contributed by atoms with E-state index in [1.54, 1.807) is 4.68 Å². The molecule has 0 atom stereocenters. The molecular weight excluding hydrogens is 336 g/mol. The molecule has 4 aliphatic rings. The summed E-state index contributed by atoms with van der Waals surface area (Å²) in [5.41, 5.74) is 0.771. The fourth-order valence-electron chi connectivity index (χ4n) is 5.91. The minimum atomic E-state index is -3.52. The summed E-state index contributed by atoms with van der Waals surface area (Å²) in [7, 11) is -3.52. The van der Waals surface area contributed by atoms with E-state index in [0.29, 0.717) is 11.8 Å². The molecule has 0 saturated heterocycles. The second-order valence-corrected chi connectivity index (χ2v) is 10.1. The molecule has 5 nitrogen and oxygen atoms in total. The molecule has 0 amide bonds. The van der Waals surface area contributed by atoms with Crippen LogP contribution in [0.3, 0.4) is 0 Å². The molecule has 0 aliphatic heterocycles. The van der Waals surface area contributed by atoms with Gasteiger partial charge in [0.25, 0.3) is 10.0 Å². The third kappa shape index (κ3) is 2.45. The van der Waals surface area contributed by atoms with E-state index in [9.17, 15) is 13.5 Å². The van der Waals surface area contributed by atoms with Gasteiger partial charge in [-0.05, 0) is 61.3 Å². The predicted octanol–water partition coefficient (Wildman–Crippen LogP) is 3.37. The molecule has 4 bridgehead atoms. The van der Waals surface area contributed by atoms with Crippen molar-refractivity contribution in [3.8, 4) is 5.88 Å². The molecule has 1 aromatic carbocycles. The van der Waals surface area contributed by atoms with E-state index in [2.05, 4.69) is 0 Å². The first kappa shape index (κ1) is 15.6. The number of benzene rings is 1. The average Bonchev–Trinajstić information content (AvgIpc) is 2.55. The van der Waals surface area contributed by atoms with Crippen LogP contribution in [0.2, 0.25) is 0 Å². The van der Waals surface area contributed by atoms with E-state index in [-0.39, 0.29) is 17.7 Å². The fraction of sp³-hybridized carbons (Fsp3) is 0.579. The number of aromatic hydroxyl groups is 1. The van der Waals surface area contributed by atoms with E-state index in [4.69, 9.17) is 0 Å². The normalized spacial score (nSPS) is 33.8. The number of nitrogens with zero attached hydrogens (tertiary/aromatic N) is 2. The fourth-order valence-corrected chi connectivity index (χ4v) is 7.37. The molecule has 0 spiro atoms. The Morgan fingerprint density at radius 2 is 1.56 bits per heavy atom. The summed E-state index contributed by atoms with van der Waals surface area (Å²) in [5, 5.41) is 10.3. The zero-order valence-electron chi connectivity index (χ0n) is 14.2. The van der Waals surface area contributed by atoms with E-state index in [1.165, 1.54) is 42.4 Å². The van der Waals surface area contributed by atoms with Crippen molar-refractivity contribution >= 4 is 10.0 Å². The largest absolute Gasteiger partial charge is 0.492 e. The lowest BCUT2D eigenvalue weighted by Crippen LogP contribution is -2.48. The molecule has 6 heteroatoms. The first-order valence-corrected chi connectivity index (χ1v) is 10.9. The van der Waals surface area contributed by atoms with Gasteiger partial charge in [0.2, 0.25) is 5.88 Å². The number of aromatic nitrogens is 2. The average molecular weight is 360 g/mol. The van der Waals surface area contributed by atoms with Gasteiger partial charge in [-0.2, -0.15) is 4.09 Å². The molecule has 1 N–H and O–H groups in total. The van der Waals surface area contributed by atoms with Crippen LogP contribution in [0.25, 0.3) is 0 Å². The van der Waals surface area contributed by atoms with Crippen LogP contribution in [0.1, 0.15) is 43.7 Å². The maximum Gasteiger partial charge on any atom is 0.256 e. The van der Waals surface area contributed by atoms with E-state index >= 15 is 0 Å². The Hall–Kier alpha value is -1.69. The van der Waals surface area contributed by atoms with Crippen molar-refractivity contribution in [2.75, 3.05) is 0 Å². The minimum absolute atomic E-state index is 0.0403. The lowest BCUT2D eigenvalue weighted by molar-refractivity contribution is -0.0410. The molecule has 1 heterocycles. The number of hydrogen-bond acceptors (Lipinski definition) is 3. The van der Waals surface area contributed by atoms with Crippen molar-refractivity contribution in [3.63, 3.8) is 0 Å². The highest BCUT2D eigenvalue weighted by Crippen LogP contribution is 2.59. The summed E-state index contributed by atoms with van der Waals surface area (Å²) < 4.78 is 28.8. The maximum atomic E-state index is 12.9. The third-order valence-corrected chi connectivity index (χ3v) is 8.16. The molecule has 134 valence electrons. The Kier molecular flexibility index (Phi) is 3.36. The Balaban J connectivity index is 1.47. The quantitative estimate of drug-likeness (QED) is 0.909. The van der Waals surface area contributed by atoms with Crippen molar-refractivity contribution in [2.45, 2.75) is 43.9 Å². The standard InChI is InChI=1S/C19H24N2O3S/c22-18-11-20(25(23,24)12-13-4-2-1-3-5-13)21(18)19-16-7-14-6-15(9-16)10-17(19)8-14/h1-5,11,14-17,19,22H,6-10,12H2. The molecule has 1 aromatic heterocycles. The van der Waals surface area contributed by atoms with Crippen LogP contribution in [0.5, 0.6) is 5.88 Å². The van der Waals surface area contributed by atoms with Crippen LogP contribution >= 0.6 is 0 Å². The summed E-state index contributed by atoms with van der Waals surface area (Å²) >= 11 is 0. The first-order valence-electron chi connectivity index (χ1n) is 9.27. The molecule has 4 saturated carbocycles. The molecule has 25 heavy (non-hydrogen) atoms. The second-order valence-electron chi connectivity index (χ2n) is 8.27. The van der Waals surface area contributed by atoms with E-state index in [0.717, 1.165) is 17.4 Å². The van der Waals surface area contributed by atoms with Gasteiger partial charge in [-0.15, -0.1) is 0 Å². The van der Waals surface area contributed by atoms with Crippen LogP contribution < -0.4 is 0 Å². The molecule has 2 aromatic rings. The minimum Gasteiger partial charge on any atom is -0.492 e. The summed E-state index contributed by atoms with van der Waals surface area (Å²) in [4.78, 5) is 0. The summed E-state index contributed by atoms with van der Waals surface area (Å²) in [6.45, 7) is 0. The lowest BCUT2D eigenvalue weighted by Gasteiger charge is -2.55. The van der Waals surface area contributed by atoms with Crippen molar-refractivity contribution < 1.29 is 13.5 Å². The Morgan fingerprint density at radius 3 is 2.12 bits per heavy atom. The lowest BCUT2D eigenvalue weighted by atomic mass is 9.54. The summed E-state index contributed by atoms with van der Waals surface area (Å²) in [5.74, 6) is 2.74. The Labute approximate surface area is 148 Å². The van der Waals surface area contributed by atoms with Gasteiger partial charge < -0.3 is 5.11 Å². The Morgan fingerprint density at radius 1 is 0.960 bits per heavy atom. The molecular formula is C19H24N2O3S. The smallest absolute Gasteiger partial charge is 0.256 e. The number of hydrogen-bond donors (Lipinski definition) is 1. The van der Waals surface area contributed by atoms with Crippen LogP contribution in [0.15, 0.2) is 36.5 Å². The van der Waals surface area contributed by atoms with E-state index < -0.39 is 10.0 Å². The predicted molar refractivity (Wildman–Crippen MR) is 94.6 cm³/mol. The summed E-state index contributed by atoms with van der Waals surface area (Å²) in [6.07, 6.45) is 7.48. The Bertz CT molecular complexity index is 853. The van der Waals surface area contributed by atoms with Gasteiger partial charge in [-0.25, -0.2) is 13.1 Å². The molecule has 0 radical (unpaired) electrons. The van der Waals surface area contributed by atoms with Gasteiger partial charge in [0, 0.05) is 0 Å². The van der Waals surface area contributed by atoms with Gasteiger partial charge in [-0.3, -0.25) is 0 Å². The van der Waals surface area contributed by atoms with Gasteiger partial charge in [0.1, 0.15) is 6.20 Å². The van der Waals surface area contributed by atoms with Crippen LogP contribution in [0, 0.1) is 23.7 Å². The van der Waals surface area contributed by atoms with E-state index in [1.807, 2.05) is 30.3 Å². The van der Waals surface area contributed by atoms with Crippen molar-refractivity contribution in [3.05, 3.63) is 42.1 Å². The first-order chi connectivity index (χ1) is 12.0. The number of rotatable bonds is 4. The molecule has 4 aliphatic carbocycles. The van der Waals surface area contributed by atoms with Gasteiger partial charge in [-0.1, -0.05) is 30.3 Å². The summed E-state index contributed by atoms with van der Waals surface area (Å²) in [6, 6.07) is 9.38. The van der Waals surface area contributed by atoms with Crippen LogP contribution in [0.4, 0.5) is 0 Å². The molecule has 0 unspecified atom stereocenters. The topological polar surface area (TPSA) is 64.2 Å². The highest BCUT2D eigenvalue weighted by molar-refractivity contribution is 7.89. The highest BCUT2D eigenvalue weighted by Gasteiger charge is 2.50. The molecule has 4 fully saturated rings. The maximum absolute atomic E-state index is 12.9. The highest BCUT2D eigenvalue weighted by atomic mass is 32.2. The zero-order valence-corrected chi connectivity index (χ0v) is 15.0. The SMILES string of the molecule is O=S(=O)(Cc1ccccc1)n1cc(O)n1C1C2CC3CC(C2)CC1C3. The zero-order chi connectivity index (χ0) is 17.2.